The minimum Gasteiger partial charge on any atom is -0.445 e. The van der Waals surface area contributed by atoms with Gasteiger partial charge in [0.25, 0.3) is 5.69 Å². The van der Waals surface area contributed by atoms with E-state index in [2.05, 4.69) is 0 Å². The molecule has 0 amide bonds. The number of non-ortho nitro benzene ring substituents is 1. The minimum absolute atomic E-state index is 0.130. The van der Waals surface area contributed by atoms with E-state index in [1.165, 1.54) is 24.3 Å². The number of carbonyl (C=O) groups excluding carboxylic acids is 2. The summed E-state index contributed by atoms with van der Waals surface area (Å²) in [6.07, 6.45) is -1.31. The highest BCUT2D eigenvalue weighted by Crippen LogP contribution is 2.30. The standard InChI is InChI=1S/C32H24N2O5/c1-20-12-13-24(18-21(20)2)29-19-27(26-10-6-7-11-28(26)33-29)32(36)39-31(30(35)22-8-4-3-5-9-22)23-14-16-25(17-15-23)34(37)38/h3-19,31H,1-2H3/t31-/m0/s1. The average Bonchev–Trinajstić information content (AvgIpc) is 2.96. The van der Waals surface area contributed by atoms with E-state index >= 15 is 0 Å². The maximum Gasteiger partial charge on any atom is 0.339 e. The fourth-order valence-electron chi connectivity index (χ4n) is 4.36. The summed E-state index contributed by atoms with van der Waals surface area (Å²) in [5, 5.41) is 11.7. The number of nitrogens with zero attached hydrogens (tertiary/aromatic N) is 2. The summed E-state index contributed by atoms with van der Waals surface area (Å²) in [5.74, 6) is -1.14. The first-order chi connectivity index (χ1) is 18.8. The Hall–Kier alpha value is -5.17. The maximum atomic E-state index is 13.7. The molecule has 0 aliphatic carbocycles. The van der Waals surface area contributed by atoms with Gasteiger partial charge in [-0.15, -0.1) is 0 Å². The molecule has 0 spiro atoms. The first kappa shape index (κ1) is 25.5. The molecule has 0 bridgehead atoms. The number of pyridine rings is 1. The molecule has 0 radical (unpaired) electrons. The molecule has 0 aliphatic heterocycles. The van der Waals surface area contributed by atoms with Crippen LogP contribution >= 0.6 is 0 Å². The minimum atomic E-state index is -1.31. The van der Waals surface area contributed by atoms with Gasteiger partial charge in [-0.25, -0.2) is 9.78 Å². The second kappa shape index (κ2) is 10.7. The summed E-state index contributed by atoms with van der Waals surface area (Å²) in [6, 6.07) is 28.8. The number of rotatable bonds is 7. The predicted molar refractivity (Wildman–Crippen MR) is 149 cm³/mol. The molecular formula is C32H24N2O5. The molecule has 0 aliphatic rings. The molecule has 7 heteroatoms. The number of para-hydroxylation sites is 1. The van der Waals surface area contributed by atoms with Crippen molar-refractivity contribution in [1.82, 2.24) is 4.98 Å². The van der Waals surface area contributed by atoms with Gasteiger partial charge in [0.15, 0.2) is 6.10 Å². The number of aromatic nitrogens is 1. The number of aryl methyl sites for hydroxylation is 2. The molecule has 0 saturated heterocycles. The highest BCUT2D eigenvalue weighted by atomic mass is 16.6. The molecule has 0 unspecified atom stereocenters. The van der Waals surface area contributed by atoms with Crippen molar-refractivity contribution in [1.29, 1.82) is 0 Å². The van der Waals surface area contributed by atoms with Crippen LogP contribution in [0.3, 0.4) is 0 Å². The highest BCUT2D eigenvalue weighted by Gasteiger charge is 2.28. The van der Waals surface area contributed by atoms with Crippen molar-refractivity contribution in [3.63, 3.8) is 0 Å². The van der Waals surface area contributed by atoms with E-state index in [1.807, 2.05) is 44.2 Å². The number of hydrogen-bond donors (Lipinski definition) is 0. The van der Waals surface area contributed by atoms with Crippen LogP contribution in [-0.4, -0.2) is 21.7 Å². The number of fused-ring (bicyclic) bond motifs is 1. The van der Waals surface area contributed by atoms with Crippen LogP contribution in [0.2, 0.25) is 0 Å². The lowest BCUT2D eigenvalue weighted by atomic mass is 9.99. The molecule has 192 valence electrons. The van der Waals surface area contributed by atoms with Gasteiger partial charge in [0.2, 0.25) is 5.78 Å². The number of nitro benzene ring substituents is 1. The number of ether oxygens (including phenoxy) is 1. The molecule has 39 heavy (non-hydrogen) atoms. The van der Waals surface area contributed by atoms with Gasteiger partial charge in [0, 0.05) is 34.2 Å². The normalized spacial score (nSPS) is 11.6. The van der Waals surface area contributed by atoms with Gasteiger partial charge in [-0.05, 0) is 55.3 Å². The first-order valence-corrected chi connectivity index (χ1v) is 12.3. The lowest BCUT2D eigenvalue weighted by molar-refractivity contribution is -0.384. The summed E-state index contributed by atoms with van der Waals surface area (Å²) in [7, 11) is 0. The lowest BCUT2D eigenvalue weighted by Crippen LogP contribution is -2.20. The van der Waals surface area contributed by atoms with Crippen LogP contribution in [0.5, 0.6) is 0 Å². The Bertz CT molecular complexity index is 1710. The van der Waals surface area contributed by atoms with Gasteiger partial charge in [-0.1, -0.05) is 60.7 Å². The summed E-state index contributed by atoms with van der Waals surface area (Å²) < 4.78 is 5.89. The number of ketones is 1. The SMILES string of the molecule is Cc1ccc(-c2cc(C(=O)O[C@H](C(=O)c3ccccc3)c3ccc([N+](=O)[O-])cc3)c3ccccc3n2)cc1C. The molecule has 0 fully saturated rings. The van der Waals surface area contributed by atoms with E-state index in [9.17, 15) is 19.7 Å². The van der Waals surface area contributed by atoms with E-state index < -0.39 is 22.8 Å². The second-order valence-corrected chi connectivity index (χ2v) is 9.24. The molecule has 1 heterocycles. The van der Waals surface area contributed by atoms with Crippen LogP contribution < -0.4 is 0 Å². The van der Waals surface area contributed by atoms with Gasteiger partial charge in [0.05, 0.1) is 21.7 Å². The van der Waals surface area contributed by atoms with Crippen molar-refractivity contribution in [3.8, 4) is 11.3 Å². The summed E-state index contributed by atoms with van der Waals surface area (Å²) >= 11 is 0. The van der Waals surface area contributed by atoms with E-state index in [-0.39, 0.29) is 11.3 Å². The van der Waals surface area contributed by atoms with Crippen molar-refractivity contribution in [2.24, 2.45) is 0 Å². The van der Waals surface area contributed by atoms with Gasteiger partial charge in [-0.3, -0.25) is 14.9 Å². The van der Waals surface area contributed by atoms with E-state index in [0.717, 1.165) is 16.7 Å². The molecule has 5 rings (SSSR count). The smallest absolute Gasteiger partial charge is 0.339 e. The fourth-order valence-corrected chi connectivity index (χ4v) is 4.36. The van der Waals surface area contributed by atoms with Gasteiger partial charge >= 0.3 is 5.97 Å². The molecule has 1 aromatic heterocycles. The maximum absolute atomic E-state index is 13.7. The molecule has 7 nitrogen and oxygen atoms in total. The van der Waals surface area contributed by atoms with Crippen molar-refractivity contribution >= 4 is 28.3 Å². The fraction of sp³-hybridized carbons (Fsp3) is 0.0938. The summed E-state index contributed by atoms with van der Waals surface area (Å²) in [4.78, 5) is 42.7. The molecule has 0 N–H and O–H groups in total. The zero-order chi connectivity index (χ0) is 27.5. The quantitative estimate of drug-likeness (QED) is 0.0981. The van der Waals surface area contributed by atoms with Crippen molar-refractivity contribution < 1.29 is 19.2 Å². The van der Waals surface area contributed by atoms with Crippen LogP contribution in [-0.2, 0) is 4.74 Å². The van der Waals surface area contributed by atoms with Crippen LogP contribution in [0.15, 0.2) is 103 Å². The van der Waals surface area contributed by atoms with E-state index in [0.29, 0.717) is 27.7 Å². The Kier molecular flexibility index (Phi) is 6.97. The third-order valence-corrected chi connectivity index (χ3v) is 6.67. The summed E-state index contributed by atoms with van der Waals surface area (Å²) in [5.41, 5.74) is 5.12. The molecule has 1 atom stereocenters. The van der Waals surface area contributed by atoms with Gasteiger partial charge < -0.3 is 4.74 Å². The first-order valence-electron chi connectivity index (χ1n) is 12.3. The number of esters is 1. The zero-order valence-electron chi connectivity index (χ0n) is 21.3. The molecule has 4 aromatic carbocycles. The Balaban J connectivity index is 1.58. The topological polar surface area (TPSA) is 99.4 Å². The number of benzene rings is 4. The average molecular weight is 517 g/mol. The Morgan fingerprint density at radius 2 is 1.51 bits per heavy atom. The number of hydrogen-bond acceptors (Lipinski definition) is 6. The number of nitro groups is 1. The predicted octanol–water partition coefficient (Wildman–Crippen LogP) is 7.21. The largest absolute Gasteiger partial charge is 0.445 e. The molecular weight excluding hydrogens is 492 g/mol. The lowest BCUT2D eigenvalue weighted by Gasteiger charge is -2.18. The van der Waals surface area contributed by atoms with Gasteiger partial charge in [0.1, 0.15) is 0 Å². The zero-order valence-corrected chi connectivity index (χ0v) is 21.3. The third-order valence-electron chi connectivity index (χ3n) is 6.67. The van der Waals surface area contributed by atoms with Crippen molar-refractivity contribution in [3.05, 3.63) is 141 Å². The van der Waals surface area contributed by atoms with Crippen LogP contribution in [0.25, 0.3) is 22.2 Å². The summed E-state index contributed by atoms with van der Waals surface area (Å²) in [6.45, 7) is 4.04. The van der Waals surface area contributed by atoms with Crippen molar-refractivity contribution in [2.75, 3.05) is 0 Å². The van der Waals surface area contributed by atoms with Crippen molar-refractivity contribution in [2.45, 2.75) is 20.0 Å². The molecule has 5 aromatic rings. The van der Waals surface area contributed by atoms with E-state index in [1.54, 1.807) is 48.5 Å². The van der Waals surface area contributed by atoms with E-state index in [4.69, 9.17) is 9.72 Å². The Morgan fingerprint density at radius 3 is 2.21 bits per heavy atom. The van der Waals surface area contributed by atoms with Crippen LogP contribution in [0.4, 0.5) is 5.69 Å². The monoisotopic (exact) mass is 516 g/mol. The Labute approximate surface area is 224 Å². The number of carbonyl (C=O) groups is 2. The van der Waals surface area contributed by atoms with Gasteiger partial charge in [-0.2, -0.15) is 0 Å². The van der Waals surface area contributed by atoms with Crippen LogP contribution in [0, 0.1) is 24.0 Å². The van der Waals surface area contributed by atoms with Crippen LogP contribution in [0.1, 0.15) is 43.5 Å². The highest BCUT2D eigenvalue weighted by molar-refractivity contribution is 6.07. The molecule has 0 saturated carbocycles. The second-order valence-electron chi connectivity index (χ2n) is 9.24. The number of Topliss-reactive ketones (excluding diaryl/α,β-unsaturated/α-hetero) is 1. The Morgan fingerprint density at radius 1 is 0.821 bits per heavy atom. The third kappa shape index (κ3) is 5.29.